The van der Waals surface area contributed by atoms with Crippen LogP contribution in [0, 0.1) is 0 Å². The van der Waals surface area contributed by atoms with Gasteiger partial charge in [0.25, 0.3) is 8.32 Å². The summed E-state index contributed by atoms with van der Waals surface area (Å²) in [5, 5.41) is 2.48. The molecule has 0 amide bonds. The Hall–Kier alpha value is -2.08. The summed E-state index contributed by atoms with van der Waals surface area (Å²) in [6.07, 6.45) is 1.71. The van der Waals surface area contributed by atoms with Gasteiger partial charge in [-0.25, -0.2) is 0 Å². The molecular weight excluding hydrogens is 713 g/mol. The van der Waals surface area contributed by atoms with Crippen LogP contribution in [0.25, 0.3) is 0 Å². The van der Waals surface area contributed by atoms with Crippen LogP contribution >= 0.6 is 0 Å². The predicted molar refractivity (Wildman–Crippen MR) is 213 cm³/mol. The van der Waals surface area contributed by atoms with E-state index in [0.717, 1.165) is 0 Å². The Morgan fingerprint density at radius 1 is 0.389 bits per heavy atom. The number of benzene rings is 2. The van der Waals surface area contributed by atoms with Gasteiger partial charge in [-0.05, 0) is 15.4 Å². The Kier molecular flexibility index (Phi) is 29.5. The van der Waals surface area contributed by atoms with Gasteiger partial charge >= 0.3 is 0 Å². The second-order valence-electron chi connectivity index (χ2n) is 13.0. The van der Waals surface area contributed by atoms with Crippen molar-refractivity contribution in [2.24, 2.45) is 0 Å². The van der Waals surface area contributed by atoms with Gasteiger partial charge in [0.2, 0.25) is 0 Å². The Morgan fingerprint density at radius 2 is 0.630 bits per heavy atom. The Morgan fingerprint density at radius 3 is 0.870 bits per heavy atom. The van der Waals surface area contributed by atoms with E-state index in [0.29, 0.717) is 152 Å². The van der Waals surface area contributed by atoms with Crippen molar-refractivity contribution in [3.8, 4) is 0 Å². The van der Waals surface area contributed by atoms with Gasteiger partial charge in [-0.15, -0.1) is 6.58 Å². The van der Waals surface area contributed by atoms with Crippen molar-refractivity contribution in [3.63, 3.8) is 0 Å². The van der Waals surface area contributed by atoms with Crippen LogP contribution in [0.3, 0.4) is 0 Å². The average Bonchev–Trinajstić information content (AvgIpc) is 3.18. The Bertz CT molecular complexity index is 1070. The van der Waals surface area contributed by atoms with Crippen LogP contribution in [-0.4, -0.2) is 160 Å². The summed E-state index contributed by atoms with van der Waals surface area (Å²) in [6.45, 7) is 22.3. The summed E-state index contributed by atoms with van der Waals surface area (Å²) in [7, 11) is -2.54. The molecule has 0 aliphatic carbocycles. The normalized spacial score (nSPS) is 12.1. The third kappa shape index (κ3) is 22.5. The lowest BCUT2D eigenvalue weighted by atomic mass is 10.2. The lowest BCUT2D eigenvalue weighted by molar-refractivity contribution is -0.0275. The van der Waals surface area contributed by atoms with E-state index in [1.54, 1.807) is 6.08 Å². The molecule has 0 fully saturated rings. The van der Waals surface area contributed by atoms with E-state index < -0.39 is 8.32 Å². The van der Waals surface area contributed by atoms with E-state index in [1.807, 2.05) is 0 Å². The largest absolute Gasteiger partial charge is 0.405 e. The van der Waals surface area contributed by atoms with Crippen LogP contribution in [0.1, 0.15) is 20.8 Å². The second-order valence-corrected chi connectivity index (χ2v) is 17.3. The summed E-state index contributed by atoms with van der Waals surface area (Å²) in [6, 6.07) is 21.3. The minimum atomic E-state index is -2.54. The highest BCUT2D eigenvalue weighted by Crippen LogP contribution is 2.36. The molecule has 13 heteroatoms. The standard InChI is InChI=1S/C41H68O12Si/c1-5-16-42-17-18-43-19-20-44-21-22-45-23-24-46-25-26-47-27-28-48-29-30-49-31-32-50-33-34-51-35-36-52-37-38-53-54(41(2,3)4,39-12-8-6-9-13-39)40-14-10-7-11-15-40/h5-15H,1,16-38H2,2-4H3. The molecule has 0 aromatic heterocycles. The molecule has 0 bridgehead atoms. The monoisotopic (exact) mass is 780 g/mol. The first kappa shape index (κ1) is 48.1. The van der Waals surface area contributed by atoms with Crippen molar-refractivity contribution in [2.75, 3.05) is 152 Å². The highest BCUT2D eigenvalue weighted by atomic mass is 28.4. The molecule has 0 aliphatic heterocycles. The van der Waals surface area contributed by atoms with Gasteiger partial charge in [-0.2, -0.15) is 0 Å². The van der Waals surface area contributed by atoms with Crippen LogP contribution in [0.2, 0.25) is 5.04 Å². The molecule has 0 saturated heterocycles. The Balaban J connectivity index is 1.30. The zero-order valence-electron chi connectivity index (χ0n) is 33.2. The summed E-state index contributed by atoms with van der Waals surface area (Å²) in [4.78, 5) is 0. The Labute approximate surface area is 325 Å². The van der Waals surface area contributed by atoms with Gasteiger partial charge in [0.15, 0.2) is 0 Å². The number of ether oxygens (including phenoxy) is 11. The fourth-order valence-corrected chi connectivity index (χ4v) is 9.93. The molecule has 0 spiro atoms. The number of hydrogen-bond acceptors (Lipinski definition) is 12. The first-order valence-electron chi connectivity index (χ1n) is 19.2. The molecule has 0 atom stereocenters. The molecule has 0 aliphatic rings. The molecule has 2 rings (SSSR count). The zero-order chi connectivity index (χ0) is 38.7. The molecule has 0 radical (unpaired) electrons. The third-order valence-electron chi connectivity index (χ3n) is 7.92. The molecule has 2 aromatic carbocycles. The lowest BCUT2D eigenvalue weighted by Crippen LogP contribution is -2.66. The first-order valence-corrected chi connectivity index (χ1v) is 21.1. The van der Waals surface area contributed by atoms with E-state index in [9.17, 15) is 0 Å². The minimum Gasteiger partial charge on any atom is -0.405 e. The lowest BCUT2D eigenvalue weighted by Gasteiger charge is -2.43. The summed E-state index contributed by atoms with van der Waals surface area (Å²) in [5.74, 6) is 0. The molecule has 308 valence electrons. The van der Waals surface area contributed by atoms with Crippen molar-refractivity contribution in [3.05, 3.63) is 73.3 Å². The molecule has 12 nitrogen and oxygen atoms in total. The van der Waals surface area contributed by atoms with Crippen LogP contribution in [0.4, 0.5) is 0 Å². The average molecular weight is 781 g/mol. The molecule has 0 heterocycles. The topological polar surface area (TPSA) is 111 Å². The fraction of sp³-hybridized carbons (Fsp3) is 0.659. The van der Waals surface area contributed by atoms with Crippen LogP contribution in [-0.2, 0) is 56.5 Å². The SMILES string of the molecule is C=CCOCCOCCOCCOCCOCCOCCOCCOCCOCCOCCOCCO[Si](c1ccccc1)(c1ccccc1)C(C)(C)C. The predicted octanol–water partition coefficient (Wildman–Crippen LogP) is 3.93. The molecular formula is C41H68O12Si. The van der Waals surface area contributed by atoms with Crippen molar-refractivity contribution in [2.45, 2.75) is 25.8 Å². The molecule has 0 N–H and O–H groups in total. The van der Waals surface area contributed by atoms with Gasteiger partial charge in [-0.3, -0.25) is 0 Å². The van der Waals surface area contributed by atoms with Gasteiger partial charge in [-0.1, -0.05) is 87.5 Å². The fourth-order valence-electron chi connectivity index (χ4n) is 5.38. The maximum Gasteiger partial charge on any atom is 0.261 e. The number of rotatable bonds is 38. The van der Waals surface area contributed by atoms with Gasteiger partial charge < -0.3 is 56.5 Å². The maximum absolute atomic E-state index is 6.85. The van der Waals surface area contributed by atoms with Crippen LogP contribution < -0.4 is 10.4 Å². The summed E-state index contributed by atoms with van der Waals surface area (Å²) < 4.78 is 67.5. The van der Waals surface area contributed by atoms with E-state index in [4.69, 9.17) is 56.5 Å². The zero-order valence-corrected chi connectivity index (χ0v) is 34.2. The highest BCUT2D eigenvalue weighted by Gasteiger charge is 2.50. The van der Waals surface area contributed by atoms with Crippen molar-refractivity contribution in [1.82, 2.24) is 0 Å². The van der Waals surface area contributed by atoms with E-state index in [2.05, 4.69) is 88.0 Å². The molecule has 0 saturated carbocycles. The van der Waals surface area contributed by atoms with E-state index in [-0.39, 0.29) is 5.04 Å². The van der Waals surface area contributed by atoms with Gasteiger partial charge in [0, 0.05) is 0 Å². The molecule has 2 aromatic rings. The number of hydrogen-bond donors (Lipinski definition) is 0. The summed E-state index contributed by atoms with van der Waals surface area (Å²) in [5.41, 5.74) is 0. The molecule has 0 unspecified atom stereocenters. The summed E-state index contributed by atoms with van der Waals surface area (Å²) >= 11 is 0. The van der Waals surface area contributed by atoms with E-state index in [1.165, 1.54) is 10.4 Å². The van der Waals surface area contributed by atoms with Crippen LogP contribution in [0.5, 0.6) is 0 Å². The molecule has 54 heavy (non-hydrogen) atoms. The highest BCUT2D eigenvalue weighted by molar-refractivity contribution is 6.99. The van der Waals surface area contributed by atoms with Gasteiger partial charge in [0.05, 0.1) is 152 Å². The van der Waals surface area contributed by atoms with Crippen molar-refractivity contribution in [1.29, 1.82) is 0 Å². The minimum absolute atomic E-state index is 0.0569. The smallest absolute Gasteiger partial charge is 0.261 e. The van der Waals surface area contributed by atoms with Crippen molar-refractivity contribution < 1.29 is 56.5 Å². The third-order valence-corrected chi connectivity index (χ3v) is 13.0. The second kappa shape index (κ2) is 33.1. The van der Waals surface area contributed by atoms with Crippen LogP contribution in [0.15, 0.2) is 73.3 Å². The van der Waals surface area contributed by atoms with Crippen molar-refractivity contribution >= 4 is 18.7 Å². The van der Waals surface area contributed by atoms with E-state index >= 15 is 0 Å². The first-order chi connectivity index (χ1) is 26.5. The maximum atomic E-state index is 6.85. The van der Waals surface area contributed by atoms with Gasteiger partial charge in [0.1, 0.15) is 0 Å². The quantitative estimate of drug-likeness (QED) is 0.0560.